The van der Waals surface area contributed by atoms with Crippen molar-refractivity contribution < 1.29 is 4.79 Å². The topological polar surface area (TPSA) is 51.0 Å². The summed E-state index contributed by atoms with van der Waals surface area (Å²) in [4.78, 5) is 18.7. The van der Waals surface area contributed by atoms with Gasteiger partial charge in [0.15, 0.2) is 0 Å². The van der Waals surface area contributed by atoms with E-state index >= 15 is 0 Å². The number of hydrogen-bond donors (Lipinski definition) is 0. The van der Waals surface area contributed by atoms with Crippen LogP contribution in [0, 0.1) is 13.8 Å². The molecule has 1 atom stereocenters. The highest BCUT2D eigenvalue weighted by Crippen LogP contribution is 2.31. The van der Waals surface area contributed by atoms with Crippen molar-refractivity contribution in [3.63, 3.8) is 0 Å². The zero-order chi connectivity index (χ0) is 14.3. The van der Waals surface area contributed by atoms with Gasteiger partial charge in [0.1, 0.15) is 18.2 Å². The van der Waals surface area contributed by atoms with Crippen LogP contribution in [0.2, 0.25) is 0 Å². The quantitative estimate of drug-likeness (QED) is 0.837. The van der Waals surface area contributed by atoms with E-state index in [-0.39, 0.29) is 18.5 Å². The van der Waals surface area contributed by atoms with Gasteiger partial charge in [0.2, 0.25) is 5.91 Å². The Morgan fingerprint density at radius 1 is 1.35 bits per heavy atom. The number of rotatable bonds is 2. The van der Waals surface area contributed by atoms with E-state index in [1.54, 1.807) is 4.68 Å². The maximum absolute atomic E-state index is 12.6. The summed E-state index contributed by atoms with van der Waals surface area (Å²) >= 11 is 0. The largest absolute Gasteiger partial charge is 0.307 e. The number of aryl methyl sites for hydroxylation is 2. The van der Waals surface area contributed by atoms with E-state index in [2.05, 4.69) is 23.1 Å². The monoisotopic (exact) mass is 270 g/mol. The minimum Gasteiger partial charge on any atom is -0.307 e. The number of anilines is 1. The molecule has 1 amide bonds. The van der Waals surface area contributed by atoms with Gasteiger partial charge in [-0.05, 0) is 38.8 Å². The second-order valence-electron chi connectivity index (χ2n) is 5.31. The number of fused-ring (bicyclic) bond motifs is 1. The summed E-state index contributed by atoms with van der Waals surface area (Å²) in [6.07, 6.45) is 0.914. The fraction of sp³-hybridized carbons (Fsp3) is 0.400. The van der Waals surface area contributed by atoms with Gasteiger partial charge in [-0.1, -0.05) is 18.2 Å². The lowest BCUT2D eigenvalue weighted by Crippen LogP contribution is -2.38. The molecule has 0 saturated carbocycles. The fourth-order valence-corrected chi connectivity index (χ4v) is 2.86. The minimum atomic E-state index is 0.0652. The molecule has 0 aliphatic carbocycles. The second kappa shape index (κ2) is 4.74. The van der Waals surface area contributed by atoms with Crippen molar-refractivity contribution in [2.45, 2.75) is 39.8 Å². The molecule has 1 aliphatic rings. The van der Waals surface area contributed by atoms with E-state index in [9.17, 15) is 4.79 Å². The molecule has 1 aromatic heterocycles. The number of carbonyl (C=O) groups is 1. The Balaban J connectivity index is 1.86. The van der Waals surface area contributed by atoms with Crippen molar-refractivity contribution >= 4 is 11.6 Å². The first kappa shape index (κ1) is 12.8. The lowest BCUT2D eigenvalue weighted by molar-refractivity contribution is -0.119. The second-order valence-corrected chi connectivity index (χ2v) is 5.31. The van der Waals surface area contributed by atoms with Gasteiger partial charge < -0.3 is 4.90 Å². The van der Waals surface area contributed by atoms with Crippen molar-refractivity contribution in [2.75, 3.05) is 4.90 Å². The Labute approximate surface area is 118 Å². The van der Waals surface area contributed by atoms with Gasteiger partial charge in [-0.2, -0.15) is 5.10 Å². The first-order chi connectivity index (χ1) is 9.56. The zero-order valence-electron chi connectivity index (χ0n) is 12.0. The summed E-state index contributed by atoms with van der Waals surface area (Å²) in [7, 11) is 0. The minimum absolute atomic E-state index is 0.0652. The summed E-state index contributed by atoms with van der Waals surface area (Å²) < 4.78 is 1.67. The standard InChI is InChI=1S/C15H18N4O/c1-10-8-13-6-4-5-7-14(13)19(10)15(20)9-18-12(3)16-11(2)17-18/h4-7,10H,8-9H2,1-3H3. The van der Waals surface area contributed by atoms with Gasteiger partial charge in [0.05, 0.1) is 0 Å². The smallest absolute Gasteiger partial charge is 0.249 e. The highest BCUT2D eigenvalue weighted by Gasteiger charge is 2.30. The molecule has 5 heteroatoms. The van der Waals surface area contributed by atoms with Crippen LogP contribution in [0.1, 0.15) is 24.1 Å². The lowest BCUT2D eigenvalue weighted by Gasteiger charge is -2.22. The molecular weight excluding hydrogens is 252 g/mol. The van der Waals surface area contributed by atoms with E-state index in [1.807, 2.05) is 36.9 Å². The molecule has 0 saturated heterocycles. The number of amides is 1. The average Bonchev–Trinajstić information content (AvgIpc) is 2.88. The number of benzene rings is 1. The molecule has 20 heavy (non-hydrogen) atoms. The maximum atomic E-state index is 12.6. The van der Waals surface area contributed by atoms with Crippen LogP contribution >= 0.6 is 0 Å². The van der Waals surface area contributed by atoms with Crippen molar-refractivity contribution in [3.05, 3.63) is 41.5 Å². The molecule has 1 aliphatic heterocycles. The van der Waals surface area contributed by atoms with Crippen molar-refractivity contribution in [2.24, 2.45) is 0 Å². The molecule has 104 valence electrons. The molecule has 0 radical (unpaired) electrons. The molecule has 0 N–H and O–H groups in total. The van der Waals surface area contributed by atoms with E-state index < -0.39 is 0 Å². The Hall–Kier alpha value is -2.17. The SMILES string of the molecule is Cc1nc(C)n(CC(=O)N2c3ccccc3CC2C)n1. The number of aromatic nitrogens is 3. The maximum Gasteiger partial charge on any atom is 0.249 e. The highest BCUT2D eigenvalue weighted by atomic mass is 16.2. The van der Waals surface area contributed by atoms with E-state index in [1.165, 1.54) is 5.56 Å². The molecule has 5 nitrogen and oxygen atoms in total. The lowest BCUT2D eigenvalue weighted by atomic mass is 10.1. The van der Waals surface area contributed by atoms with Crippen LogP contribution < -0.4 is 4.90 Å². The molecule has 2 aromatic rings. The van der Waals surface area contributed by atoms with Crippen LogP contribution in [0.3, 0.4) is 0 Å². The first-order valence-corrected chi connectivity index (χ1v) is 6.84. The fourth-order valence-electron chi connectivity index (χ4n) is 2.86. The van der Waals surface area contributed by atoms with Crippen LogP contribution in [0.4, 0.5) is 5.69 Å². The Kier molecular flexibility index (Phi) is 3.04. The van der Waals surface area contributed by atoms with Gasteiger partial charge in [-0.25, -0.2) is 9.67 Å². The third-order valence-corrected chi connectivity index (χ3v) is 3.72. The summed E-state index contributed by atoms with van der Waals surface area (Å²) in [5, 5.41) is 4.26. The van der Waals surface area contributed by atoms with E-state index in [4.69, 9.17) is 0 Å². The summed E-state index contributed by atoms with van der Waals surface area (Å²) in [6.45, 7) is 6.03. The van der Waals surface area contributed by atoms with Crippen LogP contribution in [-0.4, -0.2) is 26.7 Å². The molecule has 1 aromatic carbocycles. The van der Waals surface area contributed by atoms with Crippen molar-refractivity contribution in [3.8, 4) is 0 Å². The van der Waals surface area contributed by atoms with Crippen LogP contribution in [0.5, 0.6) is 0 Å². The van der Waals surface area contributed by atoms with Gasteiger partial charge in [0.25, 0.3) is 0 Å². The van der Waals surface area contributed by atoms with Gasteiger partial charge in [-0.3, -0.25) is 4.79 Å². The predicted molar refractivity (Wildman–Crippen MR) is 76.6 cm³/mol. The summed E-state index contributed by atoms with van der Waals surface area (Å²) in [6, 6.07) is 8.29. The van der Waals surface area contributed by atoms with Crippen molar-refractivity contribution in [1.82, 2.24) is 14.8 Å². The Morgan fingerprint density at radius 2 is 2.10 bits per heavy atom. The van der Waals surface area contributed by atoms with Crippen LogP contribution in [0.25, 0.3) is 0 Å². The Morgan fingerprint density at radius 3 is 2.80 bits per heavy atom. The van der Waals surface area contributed by atoms with Crippen LogP contribution in [0.15, 0.2) is 24.3 Å². The molecule has 1 unspecified atom stereocenters. The summed E-state index contributed by atoms with van der Waals surface area (Å²) in [5.74, 6) is 1.54. The third-order valence-electron chi connectivity index (χ3n) is 3.72. The molecule has 0 spiro atoms. The summed E-state index contributed by atoms with van der Waals surface area (Å²) in [5.41, 5.74) is 2.26. The van der Waals surface area contributed by atoms with Crippen LogP contribution in [-0.2, 0) is 17.8 Å². The number of carbonyl (C=O) groups excluding carboxylic acids is 1. The highest BCUT2D eigenvalue weighted by molar-refractivity contribution is 5.96. The number of hydrogen-bond acceptors (Lipinski definition) is 3. The average molecular weight is 270 g/mol. The molecular formula is C15H18N4O. The van der Waals surface area contributed by atoms with Gasteiger partial charge in [-0.15, -0.1) is 0 Å². The normalized spacial score (nSPS) is 17.4. The number of para-hydroxylation sites is 1. The molecule has 2 heterocycles. The zero-order valence-corrected chi connectivity index (χ0v) is 12.0. The molecule has 0 bridgehead atoms. The van der Waals surface area contributed by atoms with E-state index in [0.717, 1.165) is 17.9 Å². The predicted octanol–water partition coefficient (Wildman–Crippen LogP) is 1.87. The van der Waals surface area contributed by atoms with Gasteiger partial charge >= 0.3 is 0 Å². The van der Waals surface area contributed by atoms with E-state index in [0.29, 0.717) is 5.82 Å². The third kappa shape index (κ3) is 2.09. The first-order valence-electron chi connectivity index (χ1n) is 6.84. The Bertz CT molecular complexity index is 662. The number of nitrogens with zero attached hydrogens (tertiary/aromatic N) is 4. The molecule has 0 fully saturated rings. The molecule has 3 rings (SSSR count). The van der Waals surface area contributed by atoms with Crippen molar-refractivity contribution in [1.29, 1.82) is 0 Å². The van der Waals surface area contributed by atoms with Gasteiger partial charge in [0, 0.05) is 11.7 Å².